The summed E-state index contributed by atoms with van der Waals surface area (Å²) in [5.74, 6) is 2.74. The molecule has 2 aliphatic rings. The van der Waals surface area contributed by atoms with Gasteiger partial charge in [0.1, 0.15) is 18.5 Å². The highest BCUT2D eigenvalue weighted by Gasteiger charge is 2.27. The Hall–Kier alpha value is -3.03. The zero-order valence-electron chi connectivity index (χ0n) is 19.0. The monoisotopic (exact) mass is 480 g/mol. The third kappa shape index (κ3) is 5.54. The average Bonchev–Trinajstić information content (AvgIpc) is 3.40. The van der Waals surface area contributed by atoms with Crippen LogP contribution < -0.4 is 14.8 Å². The summed E-state index contributed by atoms with van der Waals surface area (Å²) in [6.45, 7) is 4.04. The second-order valence-corrected chi connectivity index (χ2v) is 9.36. The van der Waals surface area contributed by atoms with Crippen LogP contribution in [0.1, 0.15) is 18.4 Å². The first kappa shape index (κ1) is 22.7. The van der Waals surface area contributed by atoms with E-state index in [2.05, 4.69) is 15.2 Å². The highest BCUT2D eigenvalue weighted by molar-refractivity contribution is 6.32. The fourth-order valence-electron chi connectivity index (χ4n) is 4.52. The predicted octanol–water partition coefficient (Wildman–Crippen LogP) is 3.74. The molecule has 4 heterocycles. The van der Waals surface area contributed by atoms with Crippen LogP contribution in [0.3, 0.4) is 0 Å². The summed E-state index contributed by atoms with van der Waals surface area (Å²) in [4.78, 5) is 19.3. The third-order valence-electron chi connectivity index (χ3n) is 6.44. The van der Waals surface area contributed by atoms with Gasteiger partial charge in [-0.2, -0.15) is 0 Å². The molecule has 5 rings (SSSR count). The fourth-order valence-corrected chi connectivity index (χ4v) is 4.73. The quantitative estimate of drug-likeness (QED) is 0.558. The number of carbonyl (C=O) groups is 1. The van der Waals surface area contributed by atoms with Gasteiger partial charge in [0.2, 0.25) is 5.91 Å². The molecule has 34 heavy (non-hydrogen) atoms. The first-order valence-corrected chi connectivity index (χ1v) is 12.2. The van der Waals surface area contributed by atoms with Gasteiger partial charge in [-0.1, -0.05) is 23.7 Å². The maximum absolute atomic E-state index is 12.4. The van der Waals surface area contributed by atoms with Crippen molar-refractivity contribution in [1.82, 2.24) is 19.8 Å². The number of hydrogen-bond acceptors (Lipinski definition) is 5. The number of hydrogen-bond donors (Lipinski definition) is 1. The van der Waals surface area contributed by atoms with Gasteiger partial charge < -0.3 is 19.4 Å². The van der Waals surface area contributed by atoms with E-state index in [-0.39, 0.29) is 12.0 Å². The lowest BCUT2D eigenvalue weighted by molar-refractivity contribution is -0.120. The molecule has 1 amide bonds. The van der Waals surface area contributed by atoms with Crippen molar-refractivity contribution in [2.75, 3.05) is 32.8 Å². The van der Waals surface area contributed by atoms with E-state index in [1.54, 1.807) is 6.20 Å². The van der Waals surface area contributed by atoms with Crippen molar-refractivity contribution >= 4 is 17.5 Å². The molecular formula is C26H29ClN4O3. The molecule has 0 radical (unpaired) electrons. The molecule has 1 aromatic carbocycles. The van der Waals surface area contributed by atoms with Crippen molar-refractivity contribution < 1.29 is 14.3 Å². The number of halogens is 1. The Labute approximate surface area is 204 Å². The van der Waals surface area contributed by atoms with E-state index >= 15 is 0 Å². The Morgan fingerprint density at radius 3 is 2.71 bits per heavy atom. The van der Waals surface area contributed by atoms with Crippen LogP contribution in [0, 0.1) is 5.92 Å². The van der Waals surface area contributed by atoms with Crippen LogP contribution in [-0.2, 0) is 11.2 Å². The van der Waals surface area contributed by atoms with Crippen molar-refractivity contribution in [3.05, 3.63) is 71.6 Å². The van der Waals surface area contributed by atoms with Crippen LogP contribution in [0.4, 0.5) is 0 Å². The van der Waals surface area contributed by atoms with Crippen LogP contribution in [0.25, 0.3) is 5.82 Å². The number of rotatable bonds is 7. The molecule has 2 aliphatic heterocycles. The minimum absolute atomic E-state index is 0.0267. The van der Waals surface area contributed by atoms with Crippen LogP contribution in [-0.4, -0.2) is 59.2 Å². The molecule has 2 aromatic heterocycles. The molecule has 0 bridgehead atoms. The number of carbonyl (C=O) groups excluding carboxylic acids is 1. The number of para-hydroxylation sites is 1. The highest BCUT2D eigenvalue weighted by Crippen LogP contribution is 2.38. The molecular weight excluding hydrogens is 452 g/mol. The van der Waals surface area contributed by atoms with E-state index in [0.29, 0.717) is 42.0 Å². The molecule has 0 aliphatic carbocycles. The van der Waals surface area contributed by atoms with Crippen molar-refractivity contribution in [2.24, 2.45) is 5.92 Å². The number of likely N-dealkylation sites (tertiary alicyclic amines) is 1. The minimum Gasteiger partial charge on any atom is -0.486 e. The Balaban J connectivity index is 1.02. The molecule has 0 spiro atoms. The van der Waals surface area contributed by atoms with Gasteiger partial charge in [-0.15, -0.1) is 0 Å². The second-order valence-electron chi connectivity index (χ2n) is 8.96. The Bertz CT molecular complexity index is 1100. The van der Waals surface area contributed by atoms with Crippen molar-refractivity contribution in [3.8, 4) is 17.3 Å². The fraction of sp³-hybridized carbons (Fsp3) is 0.385. The molecule has 1 fully saturated rings. The second kappa shape index (κ2) is 10.5. The van der Waals surface area contributed by atoms with Crippen molar-refractivity contribution in [3.63, 3.8) is 0 Å². The van der Waals surface area contributed by atoms with Crippen LogP contribution in [0.15, 0.2) is 61.1 Å². The number of pyridine rings is 1. The summed E-state index contributed by atoms with van der Waals surface area (Å²) in [6, 6.07) is 13.4. The predicted molar refractivity (Wildman–Crippen MR) is 131 cm³/mol. The summed E-state index contributed by atoms with van der Waals surface area (Å²) in [5, 5.41) is 3.69. The Kier molecular flexibility index (Phi) is 7.02. The van der Waals surface area contributed by atoms with Crippen LogP contribution in [0.5, 0.6) is 11.5 Å². The summed E-state index contributed by atoms with van der Waals surface area (Å²) in [7, 11) is 0. The minimum atomic E-state index is -0.0267. The lowest BCUT2D eigenvalue weighted by Gasteiger charge is -2.35. The van der Waals surface area contributed by atoms with E-state index in [0.717, 1.165) is 43.9 Å². The van der Waals surface area contributed by atoms with Gasteiger partial charge in [-0.25, -0.2) is 4.98 Å². The average molecular weight is 481 g/mol. The molecule has 1 N–H and O–H groups in total. The zero-order chi connectivity index (χ0) is 23.3. The molecule has 1 atom stereocenters. The highest BCUT2D eigenvalue weighted by atomic mass is 35.5. The maximum atomic E-state index is 12.4. The number of amides is 1. The number of fused-ring (bicyclic) bond motifs is 1. The normalized spacial score (nSPS) is 18.6. The van der Waals surface area contributed by atoms with E-state index in [9.17, 15) is 4.79 Å². The molecule has 3 aromatic rings. The molecule has 0 saturated carbocycles. The van der Waals surface area contributed by atoms with Crippen LogP contribution in [0.2, 0.25) is 5.02 Å². The number of piperidine rings is 1. The first-order valence-electron chi connectivity index (χ1n) is 11.8. The summed E-state index contributed by atoms with van der Waals surface area (Å²) >= 11 is 6.25. The van der Waals surface area contributed by atoms with Gasteiger partial charge in [-0.05, 0) is 67.7 Å². The van der Waals surface area contributed by atoms with Crippen LogP contribution >= 0.6 is 11.6 Å². The summed E-state index contributed by atoms with van der Waals surface area (Å²) < 4.78 is 13.9. The number of ether oxygens (including phenoxy) is 2. The van der Waals surface area contributed by atoms with Crippen molar-refractivity contribution in [1.29, 1.82) is 0 Å². The zero-order valence-corrected chi connectivity index (χ0v) is 19.8. The molecule has 0 unspecified atom stereocenters. The largest absolute Gasteiger partial charge is 0.486 e. The molecule has 7 nitrogen and oxygen atoms in total. The van der Waals surface area contributed by atoms with Gasteiger partial charge in [0.05, 0.1) is 11.4 Å². The number of benzene rings is 1. The smallest absolute Gasteiger partial charge is 0.224 e. The number of nitrogens with one attached hydrogen (secondary N) is 1. The van der Waals surface area contributed by atoms with E-state index in [1.165, 1.54) is 0 Å². The molecule has 178 valence electrons. The van der Waals surface area contributed by atoms with Gasteiger partial charge in [0.25, 0.3) is 0 Å². The molecule has 1 saturated heterocycles. The summed E-state index contributed by atoms with van der Waals surface area (Å²) in [6.07, 6.45) is 8.10. The van der Waals surface area contributed by atoms with Gasteiger partial charge >= 0.3 is 0 Å². The van der Waals surface area contributed by atoms with Crippen molar-refractivity contribution in [2.45, 2.75) is 25.4 Å². The Morgan fingerprint density at radius 2 is 1.94 bits per heavy atom. The lowest BCUT2D eigenvalue weighted by Crippen LogP contribution is -2.45. The number of aromatic nitrogens is 2. The standard InChI is InChI=1S/C26H29ClN4O3/c27-22-4-3-5-23-26(22)34-21(18-33-23)17-30-12-8-19(9-13-30)15-29-25(32)14-20-6-7-24(28-16-20)31-10-1-2-11-31/h1-7,10-11,16,19,21H,8-9,12-15,17-18H2,(H,29,32)/t21-/m0/s1. The third-order valence-corrected chi connectivity index (χ3v) is 6.74. The maximum Gasteiger partial charge on any atom is 0.224 e. The summed E-state index contributed by atoms with van der Waals surface area (Å²) in [5.41, 5.74) is 0.916. The van der Waals surface area contributed by atoms with Gasteiger partial charge in [0, 0.05) is 31.7 Å². The van der Waals surface area contributed by atoms with E-state index < -0.39 is 0 Å². The lowest BCUT2D eigenvalue weighted by atomic mass is 9.96. The van der Waals surface area contributed by atoms with E-state index in [1.807, 2.05) is 59.4 Å². The van der Waals surface area contributed by atoms with Gasteiger partial charge in [0.15, 0.2) is 11.5 Å². The van der Waals surface area contributed by atoms with Gasteiger partial charge in [-0.3, -0.25) is 9.69 Å². The number of nitrogens with zero attached hydrogens (tertiary/aromatic N) is 3. The first-order chi connectivity index (χ1) is 16.6. The SMILES string of the molecule is O=C(Cc1ccc(-n2cccc2)nc1)NCC1CCN(C[C@H]2COc3cccc(Cl)c3O2)CC1. The Morgan fingerprint density at radius 1 is 1.12 bits per heavy atom. The topological polar surface area (TPSA) is 68.6 Å². The van der Waals surface area contributed by atoms with E-state index in [4.69, 9.17) is 21.1 Å². The molecule has 8 heteroatoms.